The molecule has 0 saturated heterocycles. The number of hydrogen-bond donors (Lipinski definition) is 0. The van der Waals surface area contributed by atoms with Crippen LogP contribution >= 0.6 is 0 Å². The number of ether oxygens (including phenoxy) is 1. The van der Waals surface area contributed by atoms with Gasteiger partial charge in [-0.25, -0.2) is 0 Å². The van der Waals surface area contributed by atoms with Crippen LogP contribution in [0.4, 0.5) is 0 Å². The van der Waals surface area contributed by atoms with E-state index in [2.05, 4.69) is 25.9 Å². The molecule has 0 aliphatic heterocycles. The fourth-order valence-corrected chi connectivity index (χ4v) is 1.21. The summed E-state index contributed by atoms with van der Waals surface area (Å²) < 4.78 is 5.57. The Bertz CT molecular complexity index is 271. The van der Waals surface area contributed by atoms with Gasteiger partial charge < -0.3 is 9.64 Å². The lowest BCUT2D eigenvalue weighted by atomic mass is 10.2. The number of benzene rings is 1. The topological polar surface area (TPSA) is 12.5 Å². The molecule has 0 bridgehead atoms. The minimum absolute atomic E-state index is 0.766. The zero-order chi connectivity index (χ0) is 10.4. The van der Waals surface area contributed by atoms with Gasteiger partial charge in [-0.05, 0) is 45.1 Å². The van der Waals surface area contributed by atoms with Crippen molar-refractivity contribution >= 4 is 0 Å². The van der Waals surface area contributed by atoms with Crippen LogP contribution in [0.5, 0.6) is 5.75 Å². The van der Waals surface area contributed by atoms with Crippen molar-refractivity contribution in [3.05, 3.63) is 36.8 Å². The molecule has 0 heterocycles. The minimum atomic E-state index is 0.766. The van der Waals surface area contributed by atoms with E-state index in [-0.39, 0.29) is 0 Å². The SMILES string of the molecule is [CH2]c1cccc(OCCCN(C)C)c1. The molecule has 0 saturated carbocycles. The van der Waals surface area contributed by atoms with Gasteiger partial charge in [0, 0.05) is 6.54 Å². The first-order chi connectivity index (χ1) is 6.68. The Kier molecular flexibility index (Phi) is 4.47. The zero-order valence-corrected chi connectivity index (χ0v) is 8.99. The Hall–Kier alpha value is -1.02. The fraction of sp³-hybridized carbons (Fsp3) is 0.417. The van der Waals surface area contributed by atoms with Crippen molar-refractivity contribution in [2.45, 2.75) is 6.42 Å². The van der Waals surface area contributed by atoms with Crippen LogP contribution in [0.25, 0.3) is 0 Å². The summed E-state index contributed by atoms with van der Waals surface area (Å²) in [5.41, 5.74) is 0.995. The predicted octanol–water partition coefficient (Wildman–Crippen LogP) is 2.20. The lowest BCUT2D eigenvalue weighted by Crippen LogP contribution is -2.15. The van der Waals surface area contributed by atoms with E-state index in [9.17, 15) is 0 Å². The van der Waals surface area contributed by atoms with E-state index in [1.165, 1.54) is 0 Å². The summed E-state index contributed by atoms with van der Waals surface area (Å²) in [6.45, 7) is 5.67. The molecule has 0 spiro atoms. The zero-order valence-electron chi connectivity index (χ0n) is 8.99. The van der Waals surface area contributed by atoms with Gasteiger partial charge in [0.15, 0.2) is 0 Å². The molecule has 0 aliphatic rings. The van der Waals surface area contributed by atoms with Gasteiger partial charge >= 0.3 is 0 Å². The molecule has 0 aliphatic carbocycles. The maximum atomic E-state index is 5.57. The van der Waals surface area contributed by atoms with E-state index in [0.717, 1.165) is 30.9 Å². The molecule has 0 fully saturated rings. The molecule has 1 radical (unpaired) electrons. The Balaban J connectivity index is 2.25. The van der Waals surface area contributed by atoms with Crippen LogP contribution in [0.3, 0.4) is 0 Å². The predicted molar refractivity (Wildman–Crippen MR) is 59.6 cm³/mol. The van der Waals surface area contributed by atoms with Gasteiger partial charge in [-0.2, -0.15) is 0 Å². The second-order valence-electron chi connectivity index (χ2n) is 3.65. The molecule has 0 unspecified atom stereocenters. The first-order valence-electron chi connectivity index (χ1n) is 4.88. The van der Waals surface area contributed by atoms with Crippen molar-refractivity contribution in [2.75, 3.05) is 27.2 Å². The van der Waals surface area contributed by atoms with Gasteiger partial charge in [-0.1, -0.05) is 12.1 Å². The molecule has 2 heteroatoms. The van der Waals surface area contributed by atoms with Crippen LogP contribution in [0, 0.1) is 6.92 Å². The van der Waals surface area contributed by atoms with E-state index in [1.54, 1.807) is 0 Å². The number of nitrogens with zero attached hydrogens (tertiary/aromatic N) is 1. The highest BCUT2D eigenvalue weighted by atomic mass is 16.5. The first-order valence-corrected chi connectivity index (χ1v) is 4.88. The van der Waals surface area contributed by atoms with E-state index in [4.69, 9.17) is 4.74 Å². The van der Waals surface area contributed by atoms with E-state index in [1.807, 2.05) is 24.3 Å². The Labute approximate surface area is 86.5 Å². The van der Waals surface area contributed by atoms with Crippen LogP contribution in [0.15, 0.2) is 24.3 Å². The third-order valence-electron chi connectivity index (χ3n) is 1.92. The molecule has 1 rings (SSSR count). The normalized spacial score (nSPS) is 10.6. The van der Waals surface area contributed by atoms with Crippen molar-refractivity contribution in [3.63, 3.8) is 0 Å². The van der Waals surface area contributed by atoms with Crippen LogP contribution in [0.2, 0.25) is 0 Å². The molecule has 1 aromatic rings. The Morgan fingerprint density at radius 2 is 2.14 bits per heavy atom. The fourth-order valence-electron chi connectivity index (χ4n) is 1.21. The van der Waals surface area contributed by atoms with Crippen LogP contribution < -0.4 is 4.74 Å². The molecule has 0 amide bonds. The van der Waals surface area contributed by atoms with E-state index in [0.29, 0.717) is 0 Å². The van der Waals surface area contributed by atoms with Crippen LogP contribution in [0.1, 0.15) is 12.0 Å². The van der Waals surface area contributed by atoms with Gasteiger partial charge in [-0.3, -0.25) is 0 Å². The van der Waals surface area contributed by atoms with Gasteiger partial charge in [0.05, 0.1) is 6.61 Å². The Morgan fingerprint density at radius 1 is 1.36 bits per heavy atom. The molecular weight excluding hydrogens is 174 g/mol. The maximum Gasteiger partial charge on any atom is 0.119 e. The molecule has 77 valence electrons. The highest BCUT2D eigenvalue weighted by Crippen LogP contribution is 2.12. The third kappa shape index (κ3) is 4.28. The lowest BCUT2D eigenvalue weighted by molar-refractivity contribution is 0.281. The summed E-state index contributed by atoms with van der Waals surface area (Å²) in [5, 5.41) is 0. The molecule has 1 aromatic carbocycles. The molecule has 2 nitrogen and oxygen atoms in total. The molecule has 0 N–H and O–H groups in total. The Morgan fingerprint density at radius 3 is 2.79 bits per heavy atom. The van der Waals surface area contributed by atoms with Gasteiger partial charge in [-0.15, -0.1) is 0 Å². The molecule has 14 heavy (non-hydrogen) atoms. The summed E-state index contributed by atoms with van der Waals surface area (Å²) in [5.74, 6) is 0.913. The minimum Gasteiger partial charge on any atom is -0.494 e. The summed E-state index contributed by atoms with van der Waals surface area (Å²) >= 11 is 0. The van der Waals surface area contributed by atoms with Crippen LogP contribution in [-0.4, -0.2) is 32.1 Å². The summed E-state index contributed by atoms with van der Waals surface area (Å²) in [6, 6.07) is 7.84. The standard InChI is InChI=1S/C12H18NO/c1-11-6-4-7-12(10-11)14-9-5-8-13(2)3/h4,6-7,10H,1,5,8-9H2,2-3H3. The average molecular weight is 192 g/mol. The first kappa shape index (κ1) is 11.1. The highest BCUT2D eigenvalue weighted by molar-refractivity contribution is 5.29. The lowest BCUT2D eigenvalue weighted by Gasteiger charge is -2.10. The maximum absolute atomic E-state index is 5.57. The second kappa shape index (κ2) is 5.66. The number of hydrogen-bond acceptors (Lipinski definition) is 2. The average Bonchev–Trinajstić information content (AvgIpc) is 2.12. The van der Waals surface area contributed by atoms with Crippen molar-refractivity contribution in [1.82, 2.24) is 4.90 Å². The van der Waals surface area contributed by atoms with Gasteiger partial charge in [0.2, 0.25) is 0 Å². The monoisotopic (exact) mass is 192 g/mol. The molecular formula is C12H18NO. The third-order valence-corrected chi connectivity index (χ3v) is 1.92. The summed E-state index contributed by atoms with van der Waals surface area (Å²) in [6.07, 6.45) is 1.05. The quantitative estimate of drug-likeness (QED) is 0.663. The number of rotatable bonds is 5. The van der Waals surface area contributed by atoms with Crippen molar-refractivity contribution in [1.29, 1.82) is 0 Å². The molecule has 0 aromatic heterocycles. The second-order valence-corrected chi connectivity index (χ2v) is 3.65. The van der Waals surface area contributed by atoms with Gasteiger partial charge in [0.1, 0.15) is 5.75 Å². The van der Waals surface area contributed by atoms with E-state index >= 15 is 0 Å². The summed E-state index contributed by atoms with van der Waals surface area (Å²) in [4.78, 5) is 2.15. The molecule has 0 atom stereocenters. The largest absolute Gasteiger partial charge is 0.494 e. The van der Waals surface area contributed by atoms with E-state index < -0.39 is 0 Å². The highest BCUT2D eigenvalue weighted by Gasteiger charge is 1.94. The van der Waals surface area contributed by atoms with Crippen molar-refractivity contribution < 1.29 is 4.74 Å². The summed E-state index contributed by atoms with van der Waals surface area (Å²) in [7, 11) is 4.13. The smallest absolute Gasteiger partial charge is 0.119 e. The van der Waals surface area contributed by atoms with Gasteiger partial charge in [0.25, 0.3) is 0 Å². The van der Waals surface area contributed by atoms with Crippen molar-refractivity contribution in [2.24, 2.45) is 0 Å². The van der Waals surface area contributed by atoms with Crippen molar-refractivity contribution in [3.8, 4) is 5.75 Å². The van der Waals surface area contributed by atoms with Crippen LogP contribution in [-0.2, 0) is 0 Å².